The Hall–Kier alpha value is -2.80. The Morgan fingerprint density at radius 3 is 2.86 bits per heavy atom. The molecule has 0 aliphatic rings. The van der Waals surface area contributed by atoms with Gasteiger partial charge in [-0.05, 0) is 6.07 Å². The molecule has 8 heteroatoms. The lowest BCUT2D eigenvalue weighted by molar-refractivity contribution is -0.384. The Morgan fingerprint density at radius 1 is 1.33 bits per heavy atom. The third-order valence-corrected chi connectivity index (χ3v) is 3.22. The molecule has 0 fully saturated rings. The molecule has 3 aromatic rings. The third-order valence-electron chi connectivity index (χ3n) is 2.89. The number of halogens is 1. The van der Waals surface area contributed by atoms with Crippen molar-refractivity contribution in [3.63, 3.8) is 0 Å². The van der Waals surface area contributed by atoms with Crippen LogP contribution in [0.1, 0.15) is 10.5 Å². The number of carbonyl (C=O) groups is 1. The number of nitrogens with zero attached hydrogens (tertiary/aromatic N) is 1. The van der Waals surface area contributed by atoms with E-state index in [-0.39, 0.29) is 22.1 Å². The Bertz CT molecular complexity index is 824. The fraction of sp³-hybridized carbons (Fsp3) is 0. The summed E-state index contributed by atoms with van der Waals surface area (Å²) in [4.78, 5) is 25.1. The summed E-state index contributed by atoms with van der Waals surface area (Å²) in [7, 11) is 0. The highest BCUT2D eigenvalue weighted by molar-refractivity contribution is 6.34. The molecule has 3 rings (SSSR count). The van der Waals surface area contributed by atoms with Crippen LogP contribution in [0.5, 0.6) is 0 Å². The van der Waals surface area contributed by atoms with Crippen molar-refractivity contribution in [2.45, 2.75) is 0 Å². The topological polar surface area (TPSA) is 101 Å². The maximum atomic E-state index is 12.1. The van der Waals surface area contributed by atoms with Gasteiger partial charge in [-0.2, -0.15) is 0 Å². The molecule has 2 N–H and O–H groups in total. The summed E-state index contributed by atoms with van der Waals surface area (Å²) in [5.74, 6) is -0.469. The van der Waals surface area contributed by atoms with Gasteiger partial charge in [0.2, 0.25) is 0 Å². The molecule has 2 aromatic heterocycles. The molecular weight excluding hydrogens is 298 g/mol. The quantitative estimate of drug-likeness (QED) is 0.570. The maximum absolute atomic E-state index is 12.1. The van der Waals surface area contributed by atoms with Crippen molar-refractivity contribution in [1.82, 2.24) is 4.98 Å². The third kappa shape index (κ3) is 2.46. The predicted octanol–water partition coefficient (Wildman–Crippen LogP) is 3.57. The van der Waals surface area contributed by atoms with E-state index in [2.05, 4.69) is 10.3 Å². The van der Waals surface area contributed by atoms with E-state index in [1.54, 1.807) is 6.07 Å². The van der Waals surface area contributed by atoms with Gasteiger partial charge in [0.15, 0.2) is 5.58 Å². The molecule has 0 aliphatic heterocycles. The minimum Gasteiger partial charge on any atom is -0.463 e. The van der Waals surface area contributed by atoms with E-state index in [0.717, 1.165) is 0 Å². The number of benzene rings is 1. The largest absolute Gasteiger partial charge is 0.463 e. The molecule has 0 bridgehead atoms. The van der Waals surface area contributed by atoms with Crippen LogP contribution < -0.4 is 5.32 Å². The Labute approximate surface area is 122 Å². The Kier molecular flexibility index (Phi) is 3.11. The fourth-order valence-electron chi connectivity index (χ4n) is 1.88. The number of H-pyrrole nitrogens is 1. The molecule has 0 saturated heterocycles. The summed E-state index contributed by atoms with van der Waals surface area (Å²) in [5, 5.41) is 13.5. The van der Waals surface area contributed by atoms with Crippen LogP contribution in [-0.2, 0) is 0 Å². The molecule has 0 unspecified atom stereocenters. The van der Waals surface area contributed by atoms with Crippen molar-refractivity contribution in [2.75, 3.05) is 5.32 Å². The molecule has 0 radical (unpaired) electrons. The highest BCUT2D eigenvalue weighted by atomic mass is 35.5. The number of nitro benzene ring substituents is 1. The molecule has 21 heavy (non-hydrogen) atoms. The van der Waals surface area contributed by atoms with Crippen molar-refractivity contribution >= 4 is 40.0 Å². The molecule has 0 aliphatic carbocycles. The normalized spacial score (nSPS) is 10.7. The van der Waals surface area contributed by atoms with Gasteiger partial charge in [-0.1, -0.05) is 11.6 Å². The first-order valence-corrected chi connectivity index (χ1v) is 6.24. The lowest BCUT2D eigenvalue weighted by Gasteiger charge is -2.05. The van der Waals surface area contributed by atoms with Crippen LogP contribution in [0.2, 0.25) is 5.02 Å². The number of hydrogen-bond donors (Lipinski definition) is 2. The van der Waals surface area contributed by atoms with E-state index >= 15 is 0 Å². The number of aromatic amines is 1. The van der Waals surface area contributed by atoms with E-state index < -0.39 is 10.8 Å². The number of non-ortho nitro benzene ring substituents is 1. The highest BCUT2D eigenvalue weighted by Gasteiger charge is 2.15. The van der Waals surface area contributed by atoms with Crippen molar-refractivity contribution in [1.29, 1.82) is 0 Å². The lowest BCUT2D eigenvalue weighted by Crippen LogP contribution is -2.12. The summed E-state index contributed by atoms with van der Waals surface area (Å²) < 4.78 is 5.15. The standard InChI is InChI=1S/C13H8ClN3O4/c14-8-2-1-7(17(19)20)5-10(8)16-13(18)11-6-12-9(15-11)3-4-21-12/h1-6,15H,(H,16,18). The predicted molar refractivity (Wildman–Crippen MR) is 76.6 cm³/mol. The van der Waals surface area contributed by atoms with Crippen LogP contribution in [0.25, 0.3) is 11.1 Å². The summed E-state index contributed by atoms with van der Waals surface area (Å²) in [6.07, 6.45) is 1.50. The van der Waals surface area contributed by atoms with Gasteiger partial charge in [-0.15, -0.1) is 0 Å². The van der Waals surface area contributed by atoms with Gasteiger partial charge < -0.3 is 14.7 Å². The fourth-order valence-corrected chi connectivity index (χ4v) is 2.05. The average Bonchev–Trinajstić information content (AvgIpc) is 3.01. The first-order valence-electron chi connectivity index (χ1n) is 5.86. The monoisotopic (exact) mass is 305 g/mol. The average molecular weight is 306 g/mol. The van der Waals surface area contributed by atoms with Crippen LogP contribution in [0.4, 0.5) is 11.4 Å². The summed E-state index contributed by atoms with van der Waals surface area (Å²) in [6, 6.07) is 7.05. The lowest BCUT2D eigenvalue weighted by atomic mass is 10.2. The van der Waals surface area contributed by atoms with Crippen molar-refractivity contribution in [2.24, 2.45) is 0 Å². The van der Waals surface area contributed by atoms with Crippen molar-refractivity contribution in [3.05, 3.63) is 57.4 Å². The molecule has 1 amide bonds. The maximum Gasteiger partial charge on any atom is 0.272 e. The van der Waals surface area contributed by atoms with E-state index in [1.165, 1.54) is 30.5 Å². The summed E-state index contributed by atoms with van der Waals surface area (Å²) >= 11 is 5.92. The number of hydrogen-bond acceptors (Lipinski definition) is 4. The number of rotatable bonds is 3. The molecule has 0 spiro atoms. The Balaban J connectivity index is 1.88. The van der Waals surface area contributed by atoms with E-state index in [9.17, 15) is 14.9 Å². The van der Waals surface area contributed by atoms with Gasteiger partial charge in [-0.3, -0.25) is 14.9 Å². The first-order chi connectivity index (χ1) is 10.0. The smallest absolute Gasteiger partial charge is 0.272 e. The highest BCUT2D eigenvalue weighted by Crippen LogP contribution is 2.27. The zero-order chi connectivity index (χ0) is 15.0. The van der Waals surface area contributed by atoms with Gasteiger partial charge in [0.1, 0.15) is 5.69 Å². The number of carbonyl (C=O) groups excluding carboxylic acids is 1. The number of fused-ring (bicyclic) bond motifs is 1. The summed E-state index contributed by atoms with van der Waals surface area (Å²) in [5.41, 5.74) is 1.51. The van der Waals surface area contributed by atoms with Gasteiger partial charge in [0.25, 0.3) is 11.6 Å². The number of nitro groups is 1. The molecule has 0 atom stereocenters. The van der Waals surface area contributed by atoms with Crippen LogP contribution in [0.15, 0.2) is 41.0 Å². The summed E-state index contributed by atoms with van der Waals surface area (Å²) in [6.45, 7) is 0. The van der Waals surface area contributed by atoms with Crippen LogP contribution in [0.3, 0.4) is 0 Å². The number of anilines is 1. The first kappa shape index (κ1) is 13.2. The van der Waals surface area contributed by atoms with E-state index in [1.807, 2.05) is 0 Å². The Morgan fingerprint density at radius 2 is 2.14 bits per heavy atom. The van der Waals surface area contributed by atoms with Gasteiger partial charge >= 0.3 is 0 Å². The van der Waals surface area contributed by atoms with E-state index in [4.69, 9.17) is 16.0 Å². The SMILES string of the molecule is O=C(Nc1cc([N+](=O)[O-])ccc1Cl)c1cc2occc2[nH]1. The van der Waals surface area contributed by atoms with Crippen LogP contribution in [0, 0.1) is 10.1 Å². The second-order valence-electron chi connectivity index (χ2n) is 4.26. The van der Waals surface area contributed by atoms with Gasteiger partial charge in [0, 0.05) is 24.3 Å². The second kappa shape index (κ2) is 4.95. The van der Waals surface area contributed by atoms with Gasteiger partial charge in [-0.25, -0.2) is 0 Å². The zero-order valence-corrected chi connectivity index (χ0v) is 11.2. The minimum atomic E-state index is -0.562. The molecule has 2 heterocycles. The molecule has 0 saturated carbocycles. The van der Waals surface area contributed by atoms with Crippen LogP contribution >= 0.6 is 11.6 Å². The number of nitrogens with one attached hydrogen (secondary N) is 2. The second-order valence-corrected chi connectivity index (χ2v) is 4.66. The van der Waals surface area contributed by atoms with Crippen LogP contribution in [-0.4, -0.2) is 15.8 Å². The number of amides is 1. The molecule has 106 valence electrons. The molecule has 7 nitrogen and oxygen atoms in total. The van der Waals surface area contributed by atoms with Crippen molar-refractivity contribution < 1.29 is 14.1 Å². The van der Waals surface area contributed by atoms with Gasteiger partial charge in [0.05, 0.1) is 27.4 Å². The number of aromatic nitrogens is 1. The molecular formula is C13H8ClN3O4. The van der Waals surface area contributed by atoms with Crippen molar-refractivity contribution in [3.8, 4) is 0 Å². The number of furan rings is 1. The van der Waals surface area contributed by atoms with E-state index in [0.29, 0.717) is 11.1 Å². The molecule has 1 aromatic carbocycles. The zero-order valence-electron chi connectivity index (χ0n) is 10.4. The minimum absolute atomic E-state index is 0.157.